The first-order chi connectivity index (χ1) is 9.88. The highest BCUT2D eigenvalue weighted by atomic mass is 79.9. The first kappa shape index (κ1) is 17.1. The van der Waals surface area contributed by atoms with Crippen LogP contribution in [0.25, 0.3) is 0 Å². The van der Waals surface area contributed by atoms with Gasteiger partial charge in [-0.3, -0.25) is 19.7 Å². The zero-order chi connectivity index (χ0) is 16.0. The Bertz CT molecular complexity index is 561. The molecule has 0 fully saturated rings. The molecule has 0 radical (unpaired) electrons. The maximum absolute atomic E-state index is 12.3. The molecule has 0 N–H and O–H groups in total. The summed E-state index contributed by atoms with van der Waals surface area (Å²) in [6, 6.07) is 3.96. The van der Waals surface area contributed by atoms with E-state index >= 15 is 0 Å². The maximum atomic E-state index is 12.3. The predicted molar refractivity (Wildman–Crippen MR) is 79.0 cm³/mol. The van der Waals surface area contributed by atoms with E-state index in [1.807, 2.05) is 0 Å². The summed E-state index contributed by atoms with van der Waals surface area (Å²) in [5.41, 5.74) is -0.0536. The fraction of sp³-hybridized carbons (Fsp3) is 0.385. The first-order valence-corrected chi connectivity index (χ1v) is 7.08. The van der Waals surface area contributed by atoms with Crippen LogP contribution in [0.4, 0.5) is 5.69 Å². The standard InChI is InChI=1S/C13H15BrN2O5/c1-3-15(8-12(17)21-4-2)13(18)9-5-10(14)7-11(6-9)16(19)20/h5-7H,3-4,8H2,1-2H3. The van der Waals surface area contributed by atoms with Crippen molar-refractivity contribution in [1.29, 1.82) is 0 Å². The average Bonchev–Trinajstić information content (AvgIpc) is 2.43. The van der Waals surface area contributed by atoms with Crippen LogP contribution >= 0.6 is 15.9 Å². The van der Waals surface area contributed by atoms with Crippen molar-refractivity contribution in [3.8, 4) is 0 Å². The minimum Gasteiger partial charge on any atom is -0.465 e. The lowest BCUT2D eigenvalue weighted by molar-refractivity contribution is -0.385. The van der Waals surface area contributed by atoms with Crippen LogP contribution in [0.3, 0.4) is 0 Å². The number of carbonyl (C=O) groups is 2. The molecule has 0 saturated heterocycles. The first-order valence-electron chi connectivity index (χ1n) is 6.28. The van der Waals surface area contributed by atoms with E-state index in [4.69, 9.17) is 4.74 Å². The lowest BCUT2D eigenvalue weighted by atomic mass is 10.1. The normalized spacial score (nSPS) is 10.0. The summed E-state index contributed by atoms with van der Waals surface area (Å²) >= 11 is 3.13. The summed E-state index contributed by atoms with van der Waals surface area (Å²) in [5, 5.41) is 10.8. The quantitative estimate of drug-likeness (QED) is 0.442. The van der Waals surface area contributed by atoms with Gasteiger partial charge in [-0.1, -0.05) is 15.9 Å². The maximum Gasteiger partial charge on any atom is 0.325 e. The number of nitrogens with zero attached hydrogens (tertiary/aromatic N) is 2. The van der Waals surface area contributed by atoms with Crippen LogP contribution in [0.2, 0.25) is 0 Å². The molecule has 0 aromatic heterocycles. The summed E-state index contributed by atoms with van der Waals surface area (Å²) in [6.45, 7) is 3.71. The molecule has 1 amide bonds. The molecule has 0 aliphatic heterocycles. The number of rotatable bonds is 6. The van der Waals surface area contributed by atoms with Gasteiger partial charge in [-0.15, -0.1) is 0 Å². The number of hydrogen-bond acceptors (Lipinski definition) is 5. The summed E-state index contributed by atoms with van der Waals surface area (Å²) in [5.74, 6) is -0.979. The van der Waals surface area contributed by atoms with Crippen molar-refractivity contribution in [3.63, 3.8) is 0 Å². The van der Waals surface area contributed by atoms with Crippen molar-refractivity contribution in [3.05, 3.63) is 38.3 Å². The molecule has 0 bridgehead atoms. The minimum atomic E-state index is -0.580. The third-order valence-corrected chi connectivity index (χ3v) is 3.09. The number of halogens is 1. The highest BCUT2D eigenvalue weighted by Gasteiger charge is 2.20. The van der Waals surface area contributed by atoms with E-state index in [9.17, 15) is 19.7 Å². The Labute approximate surface area is 130 Å². The van der Waals surface area contributed by atoms with Gasteiger partial charge >= 0.3 is 5.97 Å². The minimum absolute atomic E-state index is 0.141. The van der Waals surface area contributed by atoms with Crippen molar-refractivity contribution < 1.29 is 19.2 Å². The second kappa shape index (κ2) is 7.72. The summed E-state index contributed by atoms with van der Waals surface area (Å²) in [4.78, 5) is 35.3. The number of esters is 1. The Morgan fingerprint density at radius 2 is 2.00 bits per heavy atom. The highest BCUT2D eigenvalue weighted by molar-refractivity contribution is 9.10. The number of hydrogen-bond donors (Lipinski definition) is 0. The Hall–Kier alpha value is -1.96. The van der Waals surface area contributed by atoms with Crippen LogP contribution in [-0.2, 0) is 9.53 Å². The van der Waals surface area contributed by atoms with Crippen molar-refractivity contribution >= 4 is 33.5 Å². The molecule has 1 aromatic rings. The van der Waals surface area contributed by atoms with Gasteiger partial charge in [0.1, 0.15) is 6.54 Å². The van der Waals surface area contributed by atoms with Crippen molar-refractivity contribution in [1.82, 2.24) is 4.90 Å². The monoisotopic (exact) mass is 358 g/mol. The highest BCUT2D eigenvalue weighted by Crippen LogP contribution is 2.22. The molecule has 0 aliphatic carbocycles. The number of ether oxygens (including phenoxy) is 1. The fourth-order valence-electron chi connectivity index (χ4n) is 1.68. The van der Waals surface area contributed by atoms with E-state index < -0.39 is 16.8 Å². The Morgan fingerprint density at radius 1 is 1.33 bits per heavy atom. The predicted octanol–water partition coefficient (Wildman–Crippen LogP) is 2.38. The largest absolute Gasteiger partial charge is 0.465 e. The van der Waals surface area contributed by atoms with Gasteiger partial charge in [-0.25, -0.2) is 0 Å². The molecule has 1 rings (SSSR count). The van der Waals surface area contributed by atoms with Gasteiger partial charge in [0.25, 0.3) is 11.6 Å². The lowest BCUT2D eigenvalue weighted by Crippen LogP contribution is -2.36. The molecule has 8 heteroatoms. The lowest BCUT2D eigenvalue weighted by Gasteiger charge is -2.19. The summed E-state index contributed by atoms with van der Waals surface area (Å²) < 4.78 is 5.22. The van der Waals surface area contributed by atoms with Crippen LogP contribution in [0.5, 0.6) is 0 Å². The van der Waals surface area contributed by atoms with Gasteiger partial charge < -0.3 is 9.64 Å². The molecule has 0 heterocycles. The summed E-state index contributed by atoms with van der Waals surface area (Å²) in [7, 11) is 0. The fourth-order valence-corrected chi connectivity index (χ4v) is 2.16. The van der Waals surface area contributed by atoms with Crippen molar-refractivity contribution in [2.24, 2.45) is 0 Å². The van der Waals surface area contributed by atoms with E-state index in [0.717, 1.165) is 0 Å². The number of carbonyl (C=O) groups excluding carboxylic acids is 2. The van der Waals surface area contributed by atoms with Crippen molar-refractivity contribution in [2.45, 2.75) is 13.8 Å². The second-order valence-electron chi connectivity index (χ2n) is 4.08. The van der Waals surface area contributed by atoms with Gasteiger partial charge in [0, 0.05) is 28.7 Å². The number of benzene rings is 1. The number of nitro groups is 1. The molecule has 0 aliphatic rings. The average molecular weight is 359 g/mol. The Balaban J connectivity index is 2.99. The third kappa shape index (κ3) is 4.82. The van der Waals surface area contributed by atoms with Crippen LogP contribution in [0, 0.1) is 10.1 Å². The molecule has 7 nitrogen and oxygen atoms in total. The molecule has 0 unspecified atom stereocenters. The molecule has 114 valence electrons. The van der Waals surface area contributed by atoms with Gasteiger partial charge in [0.2, 0.25) is 0 Å². The van der Waals surface area contributed by atoms with E-state index in [1.165, 1.54) is 23.1 Å². The van der Waals surface area contributed by atoms with E-state index in [1.54, 1.807) is 13.8 Å². The second-order valence-corrected chi connectivity index (χ2v) is 5.00. The molecule has 21 heavy (non-hydrogen) atoms. The molecule has 0 spiro atoms. The van der Waals surface area contributed by atoms with Crippen LogP contribution in [0.1, 0.15) is 24.2 Å². The zero-order valence-electron chi connectivity index (χ0n) is 11.7. The number of amides is 1. The topological polar surface area (TPSA) is 89.8 Å². The van der Waals surface area contributed by atoms with Gasteiger partial charge in [0.15, 0.2) is 0 Å². The number of likely N-dealkylation sites (N-methyl/N-ethyl adjacent to an activating group) is 1. The third-order valence-electron chi connectivity index (χ3n) is 2.63. The van der Waals surface area contributed by atoms with Crippen molar-refractivity contribution in [2.75, 3.05) is 19.7 Å². The smallest absolute Gasteiger partial charge is 0.325 e. The Kier molecular flexibility index (Phi) is 6.29. The van der Waals surface area contributed by atoms with Gasteiger partial charge in [0.05, 0.1) is 11.5 Å². The SMILES string of the molecule is CCOC(=O)CN(CC)C(=O)c1cc(Br)cc([N+](=O)[O-])c1. The van der Waals surface area contributed by atoms with E-state index in [2.05, 4.69) is 15.9 Å². The molecule has 0 atom stereocenters. The number of non-ortho nitro benzene ring substituents is 1. The van der Waals surface area contributed by atoms with Crippen LogP contribution in [-0.4, -0.2) is 41.4 Å². The zero-order valence-corrected chi connectivity index (χ0v) is 13.3. The van der Waals surface area contributed by atoms with E-state index in [-0.39, 0.29) is 30.9 Å². The Morgan fingerprint density at radius 3 is 2.52 bits per heavy atom. The molecular weight excluding hydrogens is 344 g/mol. The molecule has 1 aromatic carbocycles. The molecule has 0 saturated carbocycles. The van der Waals surface area contributed by atoms with Crippen LogP contribution in [0.15, 0.2) is 22.7 Å². The van der Waals surface area contributed by atoms with Crippen LogP contribution < -0.4 is 0 Å². The summed E-state index contributed by atoms with van der Waals surface area (Å²) in [6.07, 6.45) is 0. The van der Waals surface area contributed by atoms with E-state index in [0.29, 0.717) is 4.47 Å². The van der Waals surface area contributed by atoms with Gasteiger partial charge in [-0.2, -0.15) is 0 Å². The molecular formula is C13H15BrN2O5. The van der Waals surface area contributed by atoms with Gasteiger partial charge in [-0.05, 0) is 19.9 Å². The number of nitro benzene ring substituents is 1.